The molecule has 2 aliphatic carbocycles. The van der Waals surface area contributed by atoms with Crippen molar-refractivity contribution >= 4 is 22.4 Å². The molecule has 1 aromatic heterocycles. The van der Waals surface area contributed by atoms with E-state index in [1.807, 2.05) is 18.2 Å². The third kappa shape index (κ3) is 2.94. The van der Waals surface area contributed by atoms with Gasteiger partial charge >= 0.3 is 0 Å². The van der Waals surface area contributed by atoms with Crippen LogP contribution >= 0.6 is 0 Å². The number of anilines is 1. The van der Waals surface area contributed by atoms with Crippen molar-refractivity contribution in [2.45, 2.75) is 44.6 Å². The van der Waals surface area contributed by atoms with Crippen molar-refractivity contribution in [1.29, 1.82) is 5.26 Å². The van der Waals surface area contributed by atoms with Crippen molar-refractivity contribution in [2.24, 2.45) is 0 Å². The quantitative estimate of drug-likeness (QED) is 0.584. The summed E-state index contributed by atoms with van der Waals surface area (Å²) >= 11 is 0. The Morgan fingerprint density at radius 3 is 2.53 bits per heavy atom. The van der Waals surface area contributed by atoms with Gasteiger partial charge < -0.3 is 9.88 Å². The van der Waals surface area contributed by atoms with Gasteiger partial charge in [-0.1, -0.05) is 32.3 Å². The Kier molecular flexibility index (Phi) is 4.63. The number of nitrogens with one attached hydrogen (secondary N) is 1. The average Bonchev–Trinajstić information content (AvgIpc) is 3.21. The number of aromatic amines is 1. The fraction of sp³-hybridized carbons (Fsp3) is 0.379. The summed E-state index contributed by atoms with van der Waals surface area (Å²) in [5.74, 6) is 2.86. The second-order valence-electron chi connectivity index (χ2n) is 10.4. The van der Waals surface area contributed by atoms with Gasteiger partial charge in [0.2, 0.25) is 0 Å². The topological polar surface area (TPSA) is 63.1 Å². The van der Waals surface area contributed by atoms with Gasteiger partial charge in [0.15, 0.2) is 5.78 Å². The predicted molar refractivity (Wildman–Crippen MR) is 134 cm³/mol. The number of hydrogen-bond donors (Lipinski definition) is 1. The lowest BCUT2D eigenvalue weighted by molar-refractivity contribution is 0.103. The first-order chi connectivity index (χ1) is 16.4. The van der Waals surface area contributed by atoms with Crippen LogP contribution in [0, 0.1) is 23.7 Å². The molecule has 3 aromatic rings. The first-order valence-corrected chi connectivity index (χ1v) is 12.2. The van der Waals surface area contributed by atoms with Crippen LogP contribution in [0.5, 0.6) is 0 Å². The highest BCUT2D eigenvalue weighted by atomic mass is 16.1. The third-order valence-electron chi connectivity index (χ3n) is 8.24. The molecular formula is C29H28N4O. The molecule has 1 N–H and O–H groups in total. The van der Waals surface area contributed by atoms with E-state index in [0.29, 0.717) is 16.7 Å². The lowest BCUT2D eigenvalue weighted by Gasteiger charge is -2.44. The van der Waals surface area contributed by atoms with Crippen LogP contribution in [-0.2, 0) is 5.41 Å². The van der Waals surface area contributed by atoms with Crippen LogP contribution in [-0.4, -0.2) is 47.9 Å². The number of hydrogen-bond acceptors (Lipinski definition) is 4. The lowest BCUT2D eigenvalue weighted by Crippen LogP contribution is -2.52. The van der Waals surface area contributed by atoms with Gasteiger partial charge in [-0.05, 0) is 42.7 Å². The minimum Gasteiger partial charge on any atom is -0.368 e. The van der Waals surface area contributed by atoms with E-state index in [1.165, 1.54) is 19.3 Å². The van der Waals surface area contributed by atoms with Crippen molar-refractivity contribution in [1.82, 2.24) is 9.88 Å². The van der Waals surface area contributed by atoms with Crippen LogP contribution in [0.3, 0.4) is 0 Å². The summed E-state index contributed by atoms with van der Waals surface area (Å²) in [5.41, 5.74) is 6.14. The molecule has 2 heterocycles. The van der Waals surface area contributed by atoms with E-state index in [-0.39, 0.29) is 5.78 Å². The molecule has 2 aromatic carbocycles. The Hall–Kier alpha value is -3.54. The number of rotatable bonds is 2. The average molecular weight is 449 g/mol. The van der Waals surface area contributed by atoms with Crippen molar-refractivity contribution in [3.05, 3.63) is 63.8 Å². The zero-order valence-electron chi connectivity index (χ0n) is 19.7. The van der Waals surface area contributed by atoms with Gasteiger partial charge in [-0.3, -0.25) is 9.69 Å². The molecule has 0 amide bonds. The van der Waals surface area contributed by atoms with Gasteiger partial charge in [-0.25, -0.2) is 0 Å². The van der Waals surface area contributed by atoms with Crippen LogP contribution in [0.15, 0.2) is 30.3 Å². The summed E-state index contributed by atoms with van der Waals surface area (Å²) in [6, 6.07) is 12.5. The Bertz CT molecular complexity index is 1420. The molecule has 0 bridgehead atoms. The van der Waals surface area contributed by atoms with E-state index in [2.05, 4.69) is 46.7 Å². The minimum absolute atomic E-state index is 0.00173. The molecule has 0 spiro atoms. The highest BCUT2D eigenvalue weighted by molar-refractivity contribution is 6.20. The van der Waals surface area contributed by atoms with E-state index in [0.717, 1.165) is 65.6 Å². The Labute approximate surface area is 200 Å². The third-order valence-corrected chi connectivity index (χ3v) is 8.24. The highest BCUT2D eigenvalue weighted by Crippen LogP contribution is 2.45. The number of fused-ring (bicyclic) bond motifs is 4. The van der Waals surface area contributed by atoms with Crippen molar-refractivity contribution in [3.63, 3.8) is 0 Å². The number of carbonyl (C=O) groups is 1. The summed E-state index contributed by atoms with van der Waals surface area (Å²) in [5, 5.41) is 10.2. The van der Waals surface area contributed by atoms with Crippen LogP contribution < -0.4 is 4.90 Å². The van der Waals surface area contributed by atoms with Crippen LogP contribution in [0.2, 0.25) is 0 Å². The summed E-state index contributed by atoms with van der Waals surface area (Å²) < 4.78 is 0. The van der Waals surface area contributed by atoms with E-state index < -0.39 is 5.41 Å². The number of benzene rings is 2. The molecule has 6 rings (SSSR count). The maximum Gasteiger partial charge on any atom is 0.195 e. The monoisotopic (exact) mass is 448 g/mol. The van der Waals surface area contributed by atoms with Gasteiger partial charge in [0, 0.05) is 65.4 Å². The number of nitriles is 1. The fourth-order valence-corrected chi connectivity index (χ4v) is 5.99. The van der Waals surface area contributed by atoms with Crippen molar-refractivity contribution < 1.29 is 4.79 Å². The van der Waals surface area contributed by atoms with Crippen LogP contribution in [0.4, 0.5) is 5.69 Å². The molecular weight excluding hydrogens is 420 g/mol. The Morgan fingerprint density at radius 2 is 1.88 bits per heavy atom. The van der Waals surface area contributed by atoms with E-state index in [9.17, 15) is 10.1 Å². The van der Waals surface area contributed by atoms with Gasteiger partial charge in [0.05, 0.1) is 22.9 Å². The predicted octanol–water partition coefficient (Wildman–Crippen LogP) is 4.57. The maximum atomic E-state index is 13.8. The van der Waals surface area contributed by atoms with Gasteiger partial charge in [-0.2, -0.15) is 5.26 Å². The maximum absolute atomic E-state index is 13.8. The number of aromatic nitrogens is 1. The highest BCUT2D eigenvalue weighted by Gasteiger charge is 2.41. The smallest absolute Gasteiger partial charge is 0.195 e. The zero-order valence-corrected chi connectivity index (χ0v) is 19.7. The van der Waals surface area contributed by atoms with E-state index in [4.69, 9.17) is 6.42 Å². The van der Waals surface area contributed by atoms with Crippen molar-refractivity contribution in [3.8, 4) is 18.4 Å². The molecule has 0 unspecified atom stereocenters. The van der Waals surface area contributed by atoms with Gasteiger partial charge in [0.1, 0.15) is 0 Å². The summed E-state index contributed by atoms with van der Waals surface area (Å²) in [6.45, 7) is 8.33. The van der Waals surface area contributed by atoms with Crippen LogP contribution in [0.25, 0.3) is 10.9 Å². The van der Waals surface area contributed by atoms with Gasteiger partial charge in [0.25, 0.3) is 0 Å². The second kappa shape index (κ2) is 7.49. The summed E-state index contributed by atoms with van der Waals surface area (Å²) in [6.07, 6.45) is 9.98. The largest absolute Gasteiger partial charge is 0.368 e. The van der Waals surface area contributed by atoms with Gasteiger partial charge in [-0.15, -0.1) is 6.42 Å². The molecule has 170 valence electrons. The molecule has 3 aliphatic rings. The molecule has 5 nitrogen and oxygen atoms in total. The first-order valence-electron chi connectivity index (χ1n) is 12.2. The molecule has 34 heavy (non-hydrogen) atoms. The zero-order chi connectivity index (χ0) is 23.6. The fourth-order valence-electron chi connectivity index (χ4n) is 5.99. The number of nitrogens with zero attached hydrogens (tertiary/aromatic N) is 3. The molecule has 1 aliphatic heterocycles. The SMILES string of the molecule is C#Cc1cc2c(cc1N1CCN(C3CCC3)CC1)C(C)(C)c1[nH]c3cc(C#N)ccc3c1C2=O. The summed E-state index contributed by atoms with van der Waals surface area (Å²) in [7, 11) is 0. The molecule has 0 radical (unpaired) electrons. The van der Waals surface area contributed by atoms with Crippen molar-refractivity contribution in [2.75, 3.05) is 31.1 Å². The van der Waals surface area contributed by atoms with E-state index >= 15 is 0 Å². The van der Waals surface area contributed by atoms with E-state index in [1.54, 1.807) is 6.07 Å². The molecule has 1 saturated carbocycles. The Balaban J connectivity index is 1.43. The number of piperazine rings is 1. The molecule has 2 fully saturated rings. The van der Waals surface area contributed by atoms with Crippen LogP contribution in [0.1, 0.15) is 71.4 Å². The number of H-pyrrole nitrogens is 1. The second-order valence-corrected chi connectivity index (χ2v) is 10.4. The molecule has 5 heteroatoms. The number of ketones is 1. The minimum atomic E-state index is -0.403. The lowest BCUT2D eigenvalue weighted by atomic mass is 9.70. The number of carbonyl (C=O) groups excluding carboxylic acids is 1. The number of terminal acetylenes is 1. The first kappa shape index (κ1) is 21.0. The standard InChI is InChI=1S/C29H28N4O/c1-4-19-15-22-23(16-25(19)33-12-10-32(11-13-33)20-6-5-7-20)29(2,3)28-26(27(22)34)21-9-8-18(17-30)14-24(21)31-28/h1,8-9,14-16,20,31H,5-7,10-13H2,2-3H3. The molecule has 1 saturated heterocycles. The normalized spacial score (nSPS) is 19.8. The molecule has 0 atom stereocenters. The summed E-state index contributed by atoms with van der Waals surface area (Å²) in [4.78, 5) is 22.3. The Morgan fingerprint density at radius 1 is 1.12 bits per heavy atom.